The van der Waals surface area contributed by atoms with Gasteiger partial charge in [-0.15, -0.1) is 11.8 Å². The van der Waals surface area contributed by atoms with Crippen LogP contribution in [-0.2, 0) is 0 Å². The van der Waals surface area contributed by atoms with Gasteiger partial charge in [-0.3, -0.25) is 0 Å². The predicted molar refractivity (Wildman–Crippen MR) is 70.6 cm³/mol. The van der Waals surface area contributed by atoms with Crippen molar-refractivity contribution >= 4 is 29.1 Å². The summed E-state index contributed by atoms with van der Waals surface area (Å²) in [5, 5.41) is 9.58. The van der Waals surface area contributed by atoms with Gasteiger partial charge in [0.1, 0.15) is 0 Å². The zero-order valence-corrected chi connectivity index (χ0v) is 11.0. The largest absolute Gasteiger partial charge is 0.398 e. The molecule has 0 saturated heterocycles. The molecular formula is C12H15ClN2S. The zero-order valence-electron chi connectivity index (χ0n) is 9.46. The third-order valence-electron chi connectivity index (χ3n) is 2.26. The van der Waals surface area contributed by atoms with Crippen LogP contribution in [0, 0.1) is 16.7 Å². The van der Waals surface area contributed by atoms with Crippen LogP contribution in [0.15, 0.2) is 23.1 Å². The summed E-state index contributed by atoms with van der Waals surface area (Å²) in [6.45, 7) is 3.88. The Morgan fingerprint density at radius 1 is 1.50 bits per heavy atom. The maximum Gasteiger partial charge on any atom is 0.0684 e. The molecule has 0 spiro atoms. The van der Waals surface area contributed by atoms with Crippen molar-refractivity contribution in [2.75, 3.05) is 11.5 Å². The molecule has 0 unspecified atom stereocenters. The number of benzene rings is 1. The molecule has 4 heteroatoms. The van der Waals surface area contributed by atoms with Crippen molar-refractivity contribution < 1.29 is 0 Å². The minimum atomic E-state index is -0.277. The van der Waals surface area contributed by atoms with Gasteiger partial charge in [-0.1, -0.05) is 11.6 Å². The van der Waals surface area contributed by atoms with Crippen LogP contribution in [0.1, 0.15) is 20.3 Å². The molecule has 0 aliphatic rings. The molecule has 0 bridgehead atoms. The highest BCUT2D eigenvalue weighted by Gasteiger charge is 2.16. The van der Waals surface area contributed by atoms with Crippen LogP contribution in [0.5, 0.6) is 0 Å². The molecule has 2 nitrogen and oxygen atoms in total. The van der Waals surface area contributed by atoms with E-state index in [1.165, 1.54) is 0 Å². The minimum Gasteiger partial charge on any atom is -0.398 e. The number of halogens is 1. The van der Waals surface area contributed by atoms with E-state index < -0.39 is 0 Å². The first-order valence-electron chi connectivity index (χ1n) is 5.04. The van der Waals surface area contributed by atoms with Crippen molar-refractivity contribution in [3.63, 3.8) is 0 Å². The van der Waals surface area contributed by atoms with E-state index in [-0.39, 0.29) is 5.41 Å². The molecule has 2 N–H and O–H groups in total. The maximum absolute atomic E-state index is 8.88. The number of nitrogens with zero attached hydrogens (tertiary/aromatic N) is 1. The number of nitrogens with two attached hydrogens (primary N) is 1. The van der Waals surface area contributed by atoms with Gasteiger partial charge in [0.2, 0.25) is 0 Å². The number of nitrogen functional groups attached to an aromatic ring is 1. The fourth-order valence-corrected chi connectivity index (χ4v) is 2.62. The first-order valence-corrected chi connectivity index (χ1v) is 6.40. The second-order valence-corrected chi connectivity index (χ2v) is 5.85. The summed E-state index contributed by atoms with van der Waals surface area (Å²) in [6.07, 6.45) is 0.833. The van der Waals surface area contributed by atoms with Gasteiger partial charge in [0.15, 0.2) is 0 Å². The number of hydrogen-bond donors (Lipinski definition) is 1. The van der Waals surface area contributed by atoms with Gasteiger partial charge in [-0.2, -0.15) is 5.26 Å². The van der Waals surface area contributed by atoms with Gasteiger partial charge < -0.3 is 5.73 Å². The SMILES string of the molecule is CC(C)(C#N)CCSc1cc(Cl)ccc1N. The highest BCUT2D eigenvalue weighted by molar-refractivity contribution is 7.99. The molecule has 0 radical (unpaired) electrons. The van der Waals surface area contributed by atoms with E-state index in [4.69, 9.17) is 22.6 Å². The Kier molecular flexibility index (Phi) is 4.52. The van der Waals surface area contributed by atoms with E-state index in [1.807, 2.05) is 19.9 Å². The average Bonchev–Trinajstić information content (AvgIpc) is 2.23. The van der Waals surface area contributed by atoms with Gasteiger partial charge in [-0.25, -0.2) is 0 Å². The van der Waals surface area contributed by atoms with Crippen LogP contribution in [0.2, 0.25) is 5.02 Å². The Morgan fingerprint density at radius 2 is 2.19 bits per heavy atom. The Balaban J connectivity index is 2.56. The third-order valence-corrected chi connectivity index (χ3v) is 3.57. The lowest BCUT2D eigenvalue weighted by Crippen LogP contribution is -2.08. The van der Waals surface area contributed by atoms with Gasteiger partial charge in [-0.05, 0) is 44.2 Å². The summed E-state index contributed by atoms with van der Waals surface area (Å²) >= 11 is 7.53. The standard InChI is InChI=1S/C12H15ClN2S/c1-12(2,8-14)5-6-16-11-7-9(13)3-4-10(11)15/h3-4,7H,5-6,15H2,1-2H3. The molecule has 0 amide bonds. The summed E-state index contributed by atoms with van der Waals surface area (Å²) in [4.78, 5) is 0.987. The van der Waals surface area contributed by atoms with E-state index in [2.05, 4.69) is 6.07 Å². The normalized spacial score (nSPS) is 11.1. The van der Waals surface area contributed by atoms with Crippen LogP contribution >= 0.6 is 23.4 Å². The number of nitriles is 1. The average molecular weight is 255 g/mol. The van der Waals surface area contributed by atoms with Gasteiger partial charge in [0.25, 0.3) is 0 Å². The molecular weight excluding hydrogens is 240 g/mol. The highest BCUT2D eigenvalue weighted by Crippen LogP contribution is 2.31. The molecule has 1 rings (SSSR count). The summed E-state index contributed by atoms with van der Waals surface area (Å²) in [5.74, 6) is 0.866. The lowest BCUT2D eigenvalue weighted by molar-refractivity contribution is 0.482. The topological polar surface area (TPSA) is 49.8 Å². The second-order valence-electron chi connectivity index (χ2n) is 4.28. The number of hydrogen-bond acceptors (Lipinski definition) is 3. The van der Waals surface area contributed by atoms with Crippen LogP contribution in [0.25, 0.3) is 0 Å². The third kappa shape index (κ3) is 3.96. The van der Waals surface area contributed by atoms with E-state index in [0.29, 0.717) is 5.02 Å². The number of rotatable bonds is 4. The van der Waals surface area contributed by atoms with E-state index in [0.717, 1.165) is 22.8 Å². The van der Waals surface area contributed by atoms with Crippen molar-refractivity contribution in [2.45, 2.75) is 25.2 Å². The Bertz CT molecular complexity index is 410. The number of thioether (sulfide) groups is 1. The fraction of sp³-hybridized carbons (Fsp3) is 0.417. The van der Waals surface area contributed by atoms with Gasteiger partial charge >= 0.3 is 0 Å². The lowest BCUT2D eigenvalue weighted by atomic mass is 9.93. The Labute approximate surface area is 106 Å². The summed E-state index contributed by atoms with van der Waals surface area (Å²) in [5.41, 5.74) is 6.29. The first-order chi connectivity index (χ1) is 7.44. The monoisotopic (exact) mass is 254 g/mol. The molecule has 0 atom stereocenters. The summed E-state index contributed by atoms with van der Waals surface area (Å²) in [7, 11) is 0. The van der Waals surface area contributed by atoms with Crippen molar-refractivity contribution in [1.82, 2.24) is 0 Å². The highest BCUT2D eigenvalue weighted by atomic mass is 35.5. The minimum absolute atomic E-state index is 0.277. The molecule has 16 heavy (non-hydrogen) atoms. The molecule has 1 aromatic rings. The Morgan fingerprint density at radius 3 is 2.81 bits per heavy atom. The summed E-state index contributed by atoms with van der Waals surface area (Å²) < 4.78 is 0. The molecule has 86 valence electrons. The molecule has 0 fully saturated rings. The molecule has 0 aliphatic heterocycles. The van der Waals surface area contributed by atoms with Crippen LogP contribution in [0.3, 0.4) is 0 Å². The number of anilines is 1. The van der Waals surface area contributed by atoms with E-state index in [1.54, 1.807) is 23.9 Å². The van der Waals surface area contributed by atoms with Crippen molar-refractivity contribution in [2.24, 2.45) is 5.41 Å². The molecule has 0 aromatic heterocycles. The second kappa shape index (κ2) is 5.47. The molecule has 0 aliphatic carbocycles. The smallest absolute Gasteiger partial charge is 0.0684 e. The van der Waals surface area contributed by atoms with Gasteiger partial charge in [0.05, 0.1) is 11.5 Å². The van der Waals surface area contributed by atoms with Crippen molar-refractivity contribution in [1.29, 1.82) is 5.26 Å². The predicted octanol–water partition coefficient (Wildman–Crippen LogP) is 3.95. The maximum atomic E-state index is 8.88. The fourth-order valence-electron chi connectivity index (χ4n) is 1.11. The van der Waals surface area contributed by atoms with E-state index >= 15 is 0 Å². The molecule has 0 saturated carbocycles. The molecule has 0 heterocycles. The lowest BCUT2D eigenvalue weighted by Gasteiger charge is -2.14. The van der Waals surface area contributed by atoms with Crippen LogP contribution in [0.4, 0.5) is 5.69 Å². The summed E-state index contributed by atoms with van der Waals surface area (Å²) in [6, 6.07) is 7.73. The zero-order chi connectivity index (χ0) is 12.2. The van der Waals surface area contributed by atoms with Crippen molar-refractivity contribution in [3.8, 4) is 6.07 Å². The van der Waals surface area contributed by atoms with Crippen molar-refractivity contribution in [3.05, 3.63) is 23.2 Å². The quantitative estimate of drug-likeness (QED) is 0.654. The van der Waals surface area contributed by atoms with E-state index in [9.17, 15) is 0 Å². The van der Waals surface area contributed by atoms with Crippen LogP contribution in [-0.4, -0.2) is 5.75 Å². The molecule has 1 aromatic carbocycles. The Hall–Kier alpha value is -0.850. The first kappa shape index (κ1) is 13.2. The van der Waals surface area contributed by atoms with Gasteiger partial charge in [0, 0.05) is 15.6 Å². The van der Waals surface area contributed by atoms with Crippen LogP contribution < -0.4 is 5.73 Å².